The van der Waals surface area contributed by atoms with Crippen LogP contribution in [-0.4, -0.2) is 17.5 Å². The predicted molar refractivity (Wildman–Crippen MR) is 52.2 cm³/mol. The Bertz CT molecular complexity index is 387. The summed E-state index contributed by atoms with van der Waals surface area (Å²) in [7, 11) is 0. The van der Waals surface area contributed by atoms with Crippen LogP contribution in [0.5, 0.6) is 11.5 Å². The van der Waals surface area contributed by atoms with E-state index in [0.29, 0.717) is 30.8 Å². The van der Waals surface area contributed by atoms with Crippen molar-refractivity contribution < 1.29 is 14.6 Å². The summed E-state index contributed by atoms with van der Waals surface area (Å²) in [5.74, 6) is 0.272. The van der Waals surface area contributed by atoms with E-state index < -0.39 is 0 Å². The van der Waals surface area contributed by atoms with Gasteiger partial charge in [0, 0.05) is 6.42 Å². The molecule has 1 heterocycles. The van der Waals surface area contributed by atoms with Crippen molar-refractivity contribution in [1.82, 2.24) is 0 Å². The first kappa shape index (κ1) is 9.34. The Balaban J connectivity index is 2.58. The van der Waals surface area contributed by atoms with Crippen LogP contribution < -0.4 is 4.74 Å². The maximum atomic E-state index is 11.5. The van der Waals surface area contributed by atoms with Gasteiger partial charge in [-0.05, 0) is 18.6 Å². The zero-order valence-corrected chi connectivity index (χ0v) is 8.17. The van der Waals surface area contributed by atoms with Gasteiger partial charge in [0.15, 0.2) is 11.5 Å². The fourth-order valence-electron chi connectivity index (χ4n) is 1.45. The van der Waals surface area contributed by atoms with E-state index >= 15 is 0 Å². The number of fused-ring (bicyclic) bond motifs is 1. The highest BCUT2D eigenvalue weighted by Crippen LogP contribution is 2.38. The number of carbonyl (C=O) groups excluding carboxylic acids is 1. The van der Waals surface area contributed by atoms with Crippen LogP contribution in [0, 0.1) is 0 Å². The van der Waals surface area contributed by atoms with Crippen LogP contribution in [0.4, 0.5) is 0 Å². The molecule has 0 saturated carbocycles. The molecule has 0 radical (unpaired) electrons. The zero-order valence-electron chi connectivity index (χ0n) is 7.42. The van der Waals surface area contributed by atoms with Gasteiger partial charge in [0.25, 0.3) is 0 Å². The molecule has 0 spiro atoms. The molecule has 4 heteroatoms. The van der Waals surface area contributed by atoms with Crippen molar-refractivity contribution in [2.75, 3.05) is 6.61 Å². The quantitative estimate of drug-likeness (QED) is 0.718. The smallest absolute Gasteiger partial charge is 0.166 e. The minimum atomic E-state index is -0.0554. The fourth-order valence-corrected chi connectivity index (χ4v) is 1.67. The lowest BCUT2D eigenvalue weighted by molar-refractivity contribution is 0.0983. The largest absolute Gasteiger partial charge is 0.506 e. The molecule has 0 atom stereocenters. The fraction of sp³-hybridized carbons (Fsp3) is 0.300. The number of ketones is 1. The van der Waals surface area contributed by atoms with E-state index in [2.05, 4.69) is 0 Å². The monoisotopic (exact) mass is 212 g/mol. The Kier molecular flexibility index (Phi) is 2.33. The molecule has 1 aliphatic heterocycles. The van der Waals surface area contributed by atoms with E-state index in [1.54, 1.807) is 6.07 Å². The number of aromatic hydroxyl groups is 1. The van der Waals surface area contributed by atoms with Crippen LogP contribution in [0.15, 0.2) is 12.1 Å². The van der Waals surface area contributed by atoms with Gasteiger partial charge in [-0.2, -0.15) is 0 Å². The summed E-state index contributed by atoms with van der Waals surface area (Å²) in [4.78, 5) is 11.5. The van der Waals surface area contributed by atoms with Gasteiger partial charge in [-0.1, -0.05) is 11.6 Å². The van der Waals surface area contributed by atoms with Crippen molar-refractivity contribution in [3.05, 3.63) is 22.7 Å². The molecular formula is C10H9ClO3. The molecule has 0 aromatic heterocycles. The number of carbonyl (C=O) groups is 1. The molecule has 1 aromatic rings. The van der Waals surface area contributed by atoms with Crippen molar-refractivity contribution >= 4 is 17.4 Å². The van der Waals surface area contributed by atoms with Crippen LogP contribution >= 0.6 is 11.6 Å². The summed E-state index contributed by atoms with van der Waals surface area (Å²) in [5, 5.41) is 9.45. The molecule has 0 bridgehead atoms. The molecule has 1 aromatic carbocycles. The number of phenolic OH excluding ortho intramolecular Hbond substituents is 1. The van der Waals surface area contributed by atoms with Gasteiger partial charge >= 0.3 is 0 Å². The van der Waals surface area contributed by atoms with Gasteiger partial charge in [0.1, 0.15) is 10.8 Å². The summed E-state index contributed by atoms with van der Waals surface area (Å²) < 4.78 is 5.32. The van der Waals surface area contributed by atoms with Crippen LogP contribution in [0.3, 0.4) is 0 Å². The van der Waals surface area contributed by atoms with E-state index in [1.165, 1.54) is 6.07 Å². The van der Waals surface area contributed by atoms with Gasteiger partial charge in [-0.15, -0.1) is 0 Å². The highest BCUT2D eigenvalue weighted by Gasteiger charge is 2.20. The van der Waals surface area contributed by atoms with E-state index in [-0.39, 0.29) is 16.6 Å². The third kappa shape index (κ3) is 1.44. The van der Waals surface area contributed by atoms with Crippen molar-refractivity contribution in [2.24, 2.45) is 0 Å². The van der Waals surface area contributed by atoms with Gasteiger partial charge in [0.2, 0.25) is 0 Å². The van der Waals surface area contributed by atoms with Crippen LogP contribution in [-0.2, 0) is 0 Å². The Hall–Kier alpha value is -1.22. The molecule has 0 unspecified atom stereocenters. The number of hydrogen-bond acceptors (Lipinski definition) is 3. The number of hydrogen-bond donors (Lipinski definition) is 1. The zero-order chi connectivity index (χ0) is 10.1. The van der Waals surface area contributed by atoms with Gasteiger partial charge in [-0.3, -0.25) is 4.79 Å². The van der Waals surface area contributed by atoms with E-state index in [4.69, 9.17) is 16.3 Å². The summed E-state index contributed by atoms with van der Waals surface area (Å²) in [6.45, 7) is 0.460. The van der Waals surface area contributed by atoms with Crippen molar-refractivity contribution in [3.63, 3.8) is 0 Å². The third-order valence-electron chi connectivity index (χ3n) is 2.17. The maximum Gasteiger partial charge on any atom is 0.166 e. The summed E-state index contributed by atoms with van der Waals surface area (Å²) in [6.07, 6.45) is 1.15. The average Bonchev–Trinajstić information content (AvgIpc) is 2.35. The summed E-state index contributed by atoms with van der Waals surface area (Å²) in [5.41, 5.74) is 0.463. The van der Waals surface area contributed by atoms with Crippen molar-refractivity contribution in [2.45, 2.75) is 12.8 Å². The Morgan fingerprint density at radius 3 is 3.00 bits per heavy atom. The second-order valence-electron chi connectivity index (χ2n) is 3.15. The Morgan fingerprint density at radius 1 is 1.43 bits per heavy atom. The van der Waals surface area contributed by atoms with Crippen molar-refractivity contribution in [3.8, 4) is 11.5 Å². The molecule has 1 aliphatic rings. The lowest BCUT2D eigenvalue weighted by atomic mass is 10.1. The lowest BCUT2D eigenvalue weighted by Gasteiger charge is -2.08. The number of rotatable bonds is 0. The van der Waals surface area contributed by atoms with Crippen LogP contribution in [0.2, 0.25) is 5.02 Å². The number of phenols is 1. The molecule has 0 saturated heterocycles. The van der Waals surface area contributed by atoms with Gasteiger partial charge in [0.05, 0.1) is 12.2 Å². The minimum absolute atomic E-state index is 0.0133. The molecule has 0 amide bonds. The Labute approximate surface area is 86.3 Å². The second-order valence-corrected chi connectivity index (χ2v) is 3.53. The van der Waals surface area contributed by atoms with Crippen LogP contribution in [0.1, 0.15) is 23.2 Å². The number of ether oxygens (including phenoxy) is 1. The first-order valence-electron chi connectivity index (χ1n) is 4.37. The summed E-state index contributed by atoms with van der Waals surface area (Å²) in [6, 6.07) is 2.96. The van der Waals surface area contributed by atoms with Gasteiger partial charge < -0.3 is 9.84 Å². The van der Waals surface area contributed by atoms with E-state index in [9.17, 15) is 9.90 Å². The number of Topliss-reactive ketones (excluding diaryl/α,β-unsaturated/α-hetero) is 1. The molecule has 0 aliphatic carbocycles. The maximum absolute atomic E-state index is 11.5. The second kappa shape index (κ2) is 3.50. The molecule has 2 rings (SSSR count). The molecule has 3 nitrogen and oxygen atoms in total. The minimum Gasteiger partial charge on any atom is -0.506 e. The molecule has 0 fully saturated rings. The number of halogens is 1. The first-order valence-corrected chi connectivity index (χ1v) is 4.75. The SMILES string of the molecule is O=C1CCCOc2c1ccc(O)c2Cl. The Morgan fingerprint density at radius 2 is 2.21 bits per heavy atom. The van der Waals surface area contributed by atoms with E-state index in [1.807, 2.05) is 0 Å². The summed E-state index contributed by atoms with van der Waals surface area (Å²) >= 11 is 5.82. The average molecular weight is 213 g/mol. The number of benzene rings is 1. The van der Waals surface area contributed by atoms with Crippen LogP contribution in [0.25, 0.3) is 0 Å². The molecule has 14 heavy (non-hydrogen) atoms. The first-order chi connectivity index (χ1) is 6.70. The topological polar surface area (TPSA) is 46.5 Å². The van der Waals surface area contributed by atoms with E-state index in [0.717, 1.165) is 0 Å². The third-order valence-corrected chi connectivity index (χ3v) is 2.54. The molecule has 1 N–H and O–H groups in total. The lowest BCUT2D eigenvalue weighted by Crippen LogP contribution is -1.97. The van der Waals surface area contributed by atoms with Gasteiger partial charge in [-0.25, -0.2) is 0 Å². The molecular weight excluding hydrogens is 204 g/mol. The highest BCUT2D eigenvalue weighted by molar-refractivity contribution is 6.34. The van der Waals surface area contributed by atoms with Crippen molar-refractivity contribution in [1.29, 1.82) is 0 Å². The normalized spacial score (nSPS) is 15.6. The standard InChI is InChI=1S/C10H9ClO3/c11-9-8(13)4-3-6-7(12)2-1-5-14-10(6)9/h3-4,13H,1-2,5H2. The molecule has 74 valence electrons. The highest BCUT2D eigenvalue weighted by atomic mass is 35.5. The predicted octanol–water partition coefficient (Wildman–Crippen LogP) is 2.40.